The molecule has 2 N–H and O–H groups in total. The fourth-order valence-electron chi connectivity index (χ4n) is 1.24. The van der Waals surface area contributed by atoms with Crippen molar-refractivity contribution in [3.8, 4) is 0 Å². The van der Waals surface area contributed by atoms with E-state index >= 15 is 0 Å². The number of hydrogen-bond acceptors (Lipinski definition) is 6. The summed E-state index contributed by atoms with van der Waals surface area (Å²) in [6.45, 7) is 2.08. The van der Waals surface area contributed by atoms with Crippen LogP contribution in [0.25, 0.3) is 0 Å². The first-order chi connectivity index (χ1) is 8.72. The van der Waals surface area contributed by atoms with Gasteiger partial charge >= 0.3 is 5.97 Å². The molecule has 0 aliphatic carbocycles. The lowest BCUT2D eigenvalue weighted by Crippen LogP contribution is -2.15. The zero-order valence-corrected chi connectivity index (χ0v) is 10.5. The van der Waals surface area contributed by atoms with E-state index in [0.29, 0.717) is 38.5 Å². The number of nitrogens with two attached hydrogens (primary N) is 1. The van der Waals surface area contributed by atoms with Gasteiger partial charge in [-0.15, -0.1) is 0 Å². The molecular weight excluding hydrogens is 238 g/mol. The van der Waals surface area contributed by atoms with E-state index in [2.05, 4.69) is 5.10 Å². The van der Waals surface area contributed by atoms with Crippen LogP contribution in [0.15, 0.2) is 12.4 Å². The first-order valence-electron chi connectivity index (χ1n) is 5.72. The summed E-state index contributed by atoms with van der Waals surface area (Å²) in [6, 6.07) is 0. The molecule has 1 aromatic rings. The van der Waals surface area contributed by atoms with E-state index in [1.807, 2.05) is 0 Å². The molecule has 1 rings (SSSR count). The fourth-order valence-corrected chi connectivity index (χ4v) is 1.24. The summed E-state index contributed by atoms with van der Waals surface area (Å²) in [5.41, 5.74) is 5.99. The molecule has 0 saturated carbocycles. The van der Waals surface area contributed by atoms with Crippen LogP contribution in [-0.2, 0) is 25.5 Å². The van der Waals surface area contributed by atoms with Gasteiger partial charge in [0.1, 0.15) is 6.54 Å². The van der Waals surface area contributed by atoms with Crippen molar-refractivity contribution < 1.29 is 19.0 Å². The number of carbonyl (C=O) groups is 1. The van der Waals surface area contributed by atoms with E-state index in [1.54, 1.807) is 13.3 Å². The summed E-state index contributed by atoms with van der Waals surface area (Å²) in [4.78, 5) is 11.4. The van der Waals surface area contributed by atoms with Crippen molar-refractivity contribution in [2.45, 2.75) is 13.0 Å². The Morgan fingerprint density at radius 2 is 2.22 bits per heavy atom. The van der Waals surface area contributed by atoms with Crippen LogP contribution < -0.4 is 5.73 Å². The summed E-state index contributed by atoms with van der Waals surface area (Å²) >= 11 is 0. The second-order valence-corrected chi connectivity index (χ2v) is 3.65. The highest BCUT2D eigenvalue weighted by Crippen LogP contribution is 1.98. The average molecular weight is 257 g/mol. The van der Waals surface area contributed by atoms with Crippen molar-refractivity contribution in [1.29, 1.82) is 0 Å². The van der Waals surface area contributed by atoms with Crippen LogP contribution in [0.3, 0.4) is 0 Å². The molecule has 1 aromatic heterocycles. The van der Waals surface area contributed by atoms with Gasteiger partial charge < -0.3 is 19.9 Å². The largest absolute Gasteiger partial charge is 0.464 e. The first kappa shape index (κ1) is 14.5. The van der Waals surface area contributed by atoms with Crippen LogP contribution in [0.2, 0.25) is 0 Å². The predicted molar refractivity (Wildman–Crippen MR) is 64.9 cm³/mol. The van der Waals surface area contributed by atoms with Gasteiger partial charge in [-0.05, 0) is 0 Å². The van der Waals surface area contributed by atoms with Crippen molar-refractivity contribution in [3.63, 3.8) is 0 Å². The third-order valence-electron chi connectivity index (χ3n) is 2.07. The van der Waals surface area contributed by atoms with E-state index in [1.165, 1.54) is 10.9 Å². The van der Waals surface area contributed by atoms with Crippen LogP contribution in [-0.4, -0.2) is 49.3 Å². The van der Waals surface area contributed by atoms with Gasteiger partial charge in [-0.3, -0.25) is 9.48 Å². The summed E-state index contributed by atoms with van der Waals surface area (Å²) in [6.07, 6.45) is 3.72. The molecule has 0 radical (unpaired) electrons. The molecule has 7 nitrogen and oxygen atoms in total. The van der Waals surface area contributed by atoms with Crippen LogP contribution in [0.1, 0.15) is 6.42 Å². The fraction of sp³-hybridized carbons (Fsp3) is 0.636. The number of ether oxygens (including phenoxy) is 3. The van der Waals surface area contributed by atoms with Crippen molar-refractivity contribution in [3.05, 3.63) is 12.4 Å². The molecule has 1 heterocycles. The quantitative estimate of drug-likeness (QED) is 0.497. The molecule has 0 aromatic carbocycles. The highest BCUT2D eigenvalue weighted by Gasteiger charge is 2.04. The van der Waals surface area contributed by atoms with E-state index in [9.17, 15) is 4.79 Å². The third-order valence-corrected chi connectivity index (χ3v) is 2.07. The lowest BCUT2D eigenvalue weighted by atomic mass is 10.5. The number of rotatable bonds is 9. The zero-order chi connectivity index (χ0) is 13.2. The Morgan fingerprint density at radius 3 is 2.89 bits per heavy atom. The molecule has 0 spiro atoms. The number of anilines is 1. The lowest BCUT2D eigenvalue weighted by Gasteiger charge is -2.05. The molecule has 0 aliphatic rings. The topological polar surface area (TPSA) is 88.6 Å². The van der Waals surface area contributed by atoms with E-state index in [0.717, 1.165) is 0 Å². The molecule has 0 fully saturated rings. The summed E-state index contributed by atoms with van der Waals surface area (Å²) in [7, 11) is 1.62. The van der Waals surface area contributed by atoms with Gasteiger partial charge in [0.2, 0.25) is 0 Å². The third kappa shape index (κ3) is 6.21. The van der Waals surface area contributed by atoms with Gasteiger partial charge in [-0.1, -0.05) is 0 Å². The maximum absolute atomic E-state index is 11.4. The van der Waals surface area contributed by atoms with E-state index in [4.69, 9.17) is 19.9 Å². The molecule has 0 atom stereocenters. The Labute approximate surface area is 106 Å². The number of hydrogen-bond donors (Lipinski definition) is 1. The van der Waals surface area contributed by atoms with Gasteiger partial charge in [0.15, 0.2) is 0 Å². The molecule has 102 valence electrons. The number of methoxy groups -OCH3 is 1. The Morgan fingerprint density at radius 1 is 1.39 bits per heavy atom. The van der Waals surface area contributed by atoms with Crippen molar-refractivity contribution >= 4 is 11.7 Å². The molecule has 18 heavy (non-hydrogen) atoms. The van der Waals surface area contributed by atoms with Gasteiger partial charge in [-0.25, -0.2) is 0 Å². The second kappa shape index (κ2) is 8.48. The Hall–Kier alpha value is -1.60. The Kier molecular flexibility index (Phi) is 6.82. The standard InChI is InChI=1S/C11H19N3O4/c1-16-5-6-17-3-2-4-18-11(15)9-14-8-10(12)7-13-14/h7-8H,2-6,9,12H2,1H3. The van der Waals surface area contributed by atoms with Gasteiger partial charge in [0, 0.05) is 26.3 Å². The molecule has 0 amide bonds. The number of esters is 1. The number of nitrogen functional groups attached to an aromatic ring is 1. The predicted octanol–water partition coefficient (Wildman–Crippen LogP) is 0.0616. The summed E-state index contributed by atoms with van der Waals surface area (Å²) in [5.74, 6) is -0.338. The monoisotopic (exact) mass is 257 g/mol. The maximum atomic E-state index is 11.4. The average Bonchev–Trinajstić information content (AvgIpc) is 2.73. The summed E-state index contributed by atoms with van der Waals surface area (Å²) < 4.78 is 16.5. The normalized spacial score (nSPS) is 10.5. The Bertz CT molecular complexity index is 354. The van der Waals surface area contributed by atoms with Gasteiger partial charge in [-0.2, -0.15) is 5.10 Å². The number of nitrogens with zero attached hydrogens (tertiary/aromatic N) is 2. The van der Waals surface area contributed by atoms with Gasteiger partial charge in [0.25, 0.3) is 0 Å². The molecule has 0 saturated heterocycles. The molecule has 7 heteroatoms. The number of carbonyl (C=O) groups excluding carboxylic acids is 1. The molecule has 0 unspecified atom stereocenters. The van der Waals surface area contributed by atoms with Crippen molar-refractivity contribution in [1.82, 2.24) is 9.78 Å². The molecule has 0 bridgehead atoms. The van der Waals surface area contributed by atoms with Gasteiger partial charge in [0.05, 0.1) is 31.7 Å². The van der Waals surface area contributed by atoms with Crippen LogP contribution >= 0.6 is 0 Å². The SMILES string of the molecule is COCCOCCCOC(=O)Cn1cc(N)cn1. The minimum absolute atomic E-state index is 0.0712. The minimum Gasteiger partial charge on any atom is -0.464 e. The smallest absolute Gasteiger partial charge is 0.327 e. The highest BCUT2D eigenvalue weighted by molar-refractivity contribution is 5.69. The van der Waals surface area contributed by atoms with Crippen molar-refractivity contribution in [2.24, 2.45) is 0 Å². The number of aromatic nitrogens is 2. The summed E-state index contributed by atoms with van der Waals surface area (Å²) in [5, 5.41) is 3.89. The maximum Gasteiger partial charge on any atom is 0.327 e. The van der Waals surface area contributed by atoms with Crippen molar-refractivity contribution in [2.75, 3.05) is 39.3 Å². The lowest BCUT2D eigenvalue weighted by molar-refractivity contribution is -0.145. The second-order valence-electron chi connectivity index (χ2n) is 3.65. The Balaban J connectivity index is 2.00. The van der Waals surface area contributed by atoms with E-state index in [-0.39, 0.29) is 12.5 Å². The molecule has 0 aliphatic heterocycles. The van der Waals surface area contributed by atoms with E-state index < -0.39 is 0 Å². The minimum atomic E-state index is -0.338. The zero-order valence-electron chi connectivity index (χ0n) is 10.5. The van der Waals surface area contributed by atoms with Crippen LogP contribution in [0.4, 0.5) is 5.69 Å². The molecular formula is C11H19N3O4. The first-order valence-corrected chi connectivity index (χ1v) is 5.72. The van der Waals surface area contributed by atoms with Crippen LogP contribution in [0.5, 0.6) is 0 Å². The van der Waals surface area contributed by atoms with Crippen LogP contribution in [0, 0.1) is 0 Å². The highest BCUT2D eigenvalue weighted by atomic mass is 16.5.